The minimum atomic E-state index is -0.414. The summed E-state index contributed by atoms with van der Waals surface area (Å²) in [6, 6.07) is 3.64. The van der Waals surface area contributed by atoms with E-state index in [1.807, 2.05) is 37.8 Å². The van der Waals surface area contributed by atoms with Gasteiger partial charge in [0.25, 0.3) is 0 Å². The Kier molecular flexibility index (Phi) is 9.02. The lowest BCUT2D eigenvalue weighted by Crippen LogP contribution is -2.58. The van der Waals surface area contributed by atoms with E-state index in [0.29, 0.717) is 40.7 Å². The number of pyridine rings is 2. The van der Waals surface area contributed by atoms with E-state index < -0.39 is 5.69 Å². The Hall–Kier alpha value is -3.52. The summed E-state index contributed by atoms with van der Waals surface area (Å²) in [5.74, 6) is 0.517. The fourth-order valence-electron chi connectivity index (χ4n) is 5.94. The van der Waals surface area contributed by atoms with Crippen molar-refractivity contribution >= 4 is 39.9 Å². The van der Waals surface area contributed by atoms with Crippen LogP contribution in [0.1, 0.15) is 83.7 Å². The average molecular weight is 577 g/mol. The zero-order chi connectivity index (χ0) is 28.7. The Morgan fingerprint density at radius 3 is 2.59 bits per heavy atom. The van der Waals surface area contributed by atoms with Crippen molar-refractivity contribution in [1.29, 1.82) is 0 Å². The SMILES string of the molecule is C.C=CC(=O)N1C[C@H](C)N(c2nc(=O)n(-c3c(C)ccnc3C(C)C)c3nc(C4=CCCCC4)c(Cl)cc23)C[C@H]1C. The summed E-state index contributed by atoms with van der Waals surface area (Å²) in [6.07, 6.45) is 9.46. The molecule has 41 heavy (non-hydrogen) atoms. The van der Waals surface area contributed by atoms with Crippen LogP contribution >= 0.6 is 11.6 Å². The molecule has 0 saturated carbocycles. The van der Waals surface area contributed by atoms with E-state index in [2.05, 4.69) is 41.4 Å². The number of aromatic nitrogens is 4. The molecule has 2 atom stereocenters. The summed E-state index contributed by atoms with van der Waals surface area (Å²) in [6.45, 7) is 14.8. The molecule has 0 bridgehead atoms. The van der Waals surface area contributed by atoms with Crippen LogP contribution in [0.4, 0.5) is 5.82 Å². The van der Waals surface area contributed by atoms with Gasteiger partial charge in [0.2, 0.25) is 5.91 Å². The molecule has 1 aliphatic carbocycles. The molecule has 9 heteroatoms. The molecular formula is C32H41ClN6O2. The van der Waals surface area contributed by atoms with Gasteiger partial charge in [-0.15, -0.1) is 0 Å². The zero-order valence-electron chi connectivity index (χ0n) is 23.9. The number of piperazine rings is 1. The van der Waals surface area contributed by atoms with Crippen LogP contribution in [0.25, 0.3) is 22.3 Å². The summed E-state index contributed by atoms with van der Waals surface area (Å²) in [5.41, 5.74) is 4.38. The maximum atomic E-state index is 14.0. The third kappa shape index (κ3) is 5.54. The topological polar surface area (TPSA) is 84.2 Å². The Bertz CT molecular complexity index is 1580. The van der Waals surface area contributed by atoms with Gasteiger partial charge in [0.1, 0.15) is 5.82 Å². The van der Waals surface area contributed by atoms with Gasteiger partial charge in [-0.25, -0.2) is 14.3 Å². The van der Waals surface area contributed by atoms with Gasteiger partial charge in [-0.3, -0.25) is 9.78 Å². The summed E-state index contributed by atoms with van der Waals surface area (Å²) in [7, 11) is 0. The number of fused-ring (bicyclic) bond motifs is 1. The third-order valence-corrected chi connectivity index (χ3v) is 8.33. The van der Waals surface area contributed by atoms with E-state index in [4.69, 9.17) is 16.6 Å². The number of nitrogens with zero attached hydrogens (tertiary/aromatic N) is 6. The smallest absolute Gasteiger partial charge is 0.349 e. The summed E-state index contributed by atoms with van der Waals surface area (Å²) >= 11 is 6.93. The molecule has 0 spiro atoms. The molecule has 2 aliphatic rings. The fourth-order valence-corrected chi connectivity index (χ4v) is 6.21. The first-order valence-electron chi connectivity index (χ1n) is 14.1. The number of hydrogen-bond donors (Lipinski definition) is 0. The second-order valence-corrected chi connectivity index (χ2v) is 11.7. The molecule has 0 N–H and O–H groups in total. The predicted molar refractivity (Wildman–Crippen MR) is 168 cm³/mol. The van der Waals surface area contributed by atoms with E-state index >= 15 is 0 Å². The first-order chi connectivity index (χ1) is 19.1. The molecule has 3 aromatic rings. The van der Waals surface area contributed by atoms with Gasteiger partial charge >= 0.3 is 5.69 Å². The van der Waals surface area contributed by atoms with E-state index in [0.717, 1.165) is 48.2 Å². The van der Waals surface area contributed by atoms with Crippen LogP contribution in [0.15, 0.2) is 41.9 Å². The van der Waals surface area contributed by atoms with Crippen molar-refractivity contribution in [3.8, 4) is 5.69 Å². The number of rotatable bonds is 5. The molecule has 0 aromatic carbocycles. The van der Waals surface area contributed by atoms with Gasteiger partial charge in [-0.1, -0.05) is 45.5 Å². The first-order valence-corrected chi connectivity index (χ1v) is 14.5. The summed E-state index contributed by atoms with van der Waals surface area (Å²) in [4.78, 5) is 44.9. The maximum absolute atomic E-state index is 14.0. The van der Waals surface area contributed by atoms with Crippen molar-refractivity contribution in [3.05, 3.63) is 69.5 Å². The van der Waals surface area contributed by atoms with Crippen LogP contribution < -0.4 is 10.6 Å². The van der Waals surface area contributed by atoms with Crippen molar-refractivity contribution in [2.45, 2.75) is 85.7 Å². The lowest BCUT2D eigenvalue weighted by atomic mass is 9.96. The highest BCUT2D eigenvalue weighted by Crippen LogP contribution is 2.36. The van der Waals surface area contributed by atoms with E-state index in [9.17, 15) is 9.59 Å². The molecule has 5 rings (SSSR count). The van der Waals surface area contributed by atoms with Crippen molar-refractivity contribution < 1.29 is 4.79 Å². The first kappa shape index (κ1) is 30.4. The highest BCUT2D eigenvalue weighted by Gasteiger charge is 2.34. The largest absolute Gasteiger partial charge is 0.355 e. The fraction of sp³-hybridized carbons (Fsp3) is 0.469. The second-order valence-electron chi connectivity index (χ2n) is 11.3. The number of amides is 1. The normalized spacial score (nSPS) is 19.2. The number of carbonyl (C=O) groups is 1. The van der Waals surface area contributed by atoms with Crippen LogP contribution in [0.2, 0.25) is 5.02 Å². The molecule has 1 aliphatic heterocycles. The van der Waals surface area contributed by atoms with Gasteiger partial charge in [0.15, 0.2) is 5.65 Å². The summed E-state index contributed by atoms with van der Waals surface area (Å²) < 4.78 is 1.62. The predicted octanol–water partition coefficient (Wildman–Crippen LogP) is 6.47. The molecule has 8 nitrogen and oxygen atoms in total. The van der Waals surface area contributed by atoms with Gasteiger partial charge in [0.05, 0.1) is 27.5 Å². The van der Waals surface area contributed by atoms with Gasteiger partial charge in [0, 0.05) is 31.4 Å². The van der Waals surface area contributed by atoms with Gasteiger partial charge in [-0.2, -0.15) is 4.98 Å². The Morgan fingerprint density at radius 1 is 1.17 bits per heavy atom. The minimum Gasteiger partial charge on any atom is -0.349 e. The summed E-state index contributed by atoms with van der Waals surface area (Å²) in [5, 5.41) is 1.24. The number of halogens is 1. The number of anilines is 1. The minimum absolute atomic E-state index is 0. The van der Waals surface area contributed by atoms with E-state index in [-0.39, 0.29) is 31.3 Å². The van der Waals surface area contributed by atoms with Crippen LogP contribution in [0, 0.1) is 6.92 Å². The second kappa shape index (κ2) is 12.1. The molecule has 4 heterocycles. The number of allylic oxidation sites excluding steroid dienone is 2. The third-order valence-electron chi connectivity index (χ3n) is 8.04. The zero-order valence-corrected chi connectivity index (χ0v) is 24.7. The lowest BCUT2D eigenvalue weighted by molar-refractivity contribution is -0.128. The van der Waals surface area contributed by atoms with Crippen molar-refractivity contribution in [2.24, 2.45) is 0 Å². The van der Waals surface area contributed by atoms with Crippen LogP contribution in [-0.2, 0) is 4.79 Å². The molecule has 3 aromatic heterocycles. The van der Waals surface area contributed by atoms with Gasteiger partial charge in [-0.05, 0) is 81.7 Å². The molecule has 0 radical (unpaired) electrons. The molecule has 1 amide bonds. The molecular weight excluding hydrogens is 536 g/mol. The van der Waals surface area contributed by atoms with Crippen LogP contribution in [-0.4, -0.2) is 55.5 Å². The van der Waals surface area contributed by atoms with E-state index in [1.54, 1.807) is 10.8 Å². The van der Waals surface area contributed by atoms with Crippen LogP contribution in [0.3, 0.4) is 0 Å². The molecule has 1 fully saturated rings. The number of hydrogen-bond acceptors (Lipinski definition) is 6. The number of carbonyl (C=O) groups excluding carboxylic acids is 1. The maximum Gasteiger partial charge on any atom is 0.355 e. The Labute approximate surface area is 247 Å². The molecule has 0 unspecified atom stereocenters. The highest BCUT2D eigenvalue weighted by atomic mass is 35.5. The van der Waals surface area contributed by atoms with Crippen LogP contribution in [0.5, 0.6) is 0 Å². The number of aryl methyl sites for hydroxylation is 1. The van der Waals surface area contributed by atoms with Crippen molar-refractivity contribution in [1.82, 2.24) is 24.4 Å². The van der Waals surface area contributed by atoms with Crippen molar-refractivity contribution in [3.63, 3.8) is 0 Å². The van der Waals surface area contributed by atoms with Gasteiger partial charge < -0.3 is 9.80 Å². The molecule has 1 saturated heterocycles. The average Bonchev–Trinajstić information content (AvgIpc) is 2.94. The Morgan fingerprint density at radius 2 is 1.93 bits per heavy atom. The monoisotopic (exact) mass is 576 g/mol. The standard InChI is InChI=1S/C31H37ClN6O2.CH4/c1-7-25(39)36-16-21(6)37(17-20(36)5)29-23-15-24(32)27(22-11-9-8-10-12-22)34-30(23)38(31(40)35-29)28-19(4)13-14-33-26(28)18(2)3;/h7,11,13-15,18,20-21H,1,8-10,12,16-17H2,2-6H3;1H4/t20-,21+;/m1./s1. The quantitative estimate of drug-likeness (QED) is 0.324. The highest BCUT2D eigenvalue weighted by molar-refractivity contribution is 6.33. The Balaban J connectivity index is 0.00000387. The van der Waals surface area contributed by atoms with E-state index in [1.165, 1.54) is 6.08 Å². The van der Waals surface area contributed by atoms with Crippen molar-refractivity contribution in [2.75, 3.05) is 18.0 Å². The molecule has 218 valence electrons. The lowest BCUT2D eigenvalue weighted by Gasteiger charge is -2.44.